The molecule has 0 radical (unpaired) electrons. The molecule has 7 heteroatoms. The summed E-state index contributed by atoms with van der Waals surface area (Å²) in [5.74, 6) is 0.491. The number of aryl methyl sites for hydroxylation is 1. The second-order valence-electron chi connectivity index (χ2n) is 5.11. The molecule has 0 aliphatic rings. The van der Waals surface area contributed by atoms with E-state index in [1.165, 1.54) is 12.1 Å². The summed E-state index contributed by atoms with van der Waals surface area (Å²) in [5, 5.41) is 6.84. The second kappa shape index (κ2) is 7.03. The first-order valence-corrected chi connectivity index (χ1v) is 7.85. The van der Waals surface area contributed by atoms with Crippen LogP contribution in [0.15, 0.2) is 48.7 Å². The lowest BCUT2D eigenvalue weighted by Gasteiger charge is -2.09. The van der Waals surface area contributed by atoms with E-state index in [-0.39, 0.29) is 5.02 Å². The van der Waals surface area contributed by atoms with Crippen molar-refractivity contribution in [3.05, 3.63) is 70.1 Å². The third kappa shape index (κ3) is 3.93. The van der Waals surface area contributed by atoms with E-state index < -0.39 is 5.82 Å². The van der Waals surface area contributed by atoms with Crippen LogP contribution in [0.3, 0.4) is 0 Å². The Bertz CT molecular complexity index is 817. The molecule has 0 saturated heterocycles. The molecule has 2 N–H and O–H groups in total. The van der Waals surface area contributed by atoms with Crippen LogP contribution in [-0.4, -0.2) is 9.97 Å². The van der Waals surface area contributed by atoms with E-state index in [4.69, 9.17) is 23.2 Å². The van der Waals surface area contributed by atoms with E-state index in [1.54, 1.807) is 24.4 Å². The van der Waals surface area contributed by atoms with Crippen LogP contribution in [0, 0.1) is 12.7 Å². The van der Waals surface area contributed by atoms with Crippen molar-refractivity contribution in [3.8, 4) is 0 Å². The molecular weight excluding hydrogens is 350 g/mol. The highest BCUT2D eigenvalue weighted by molar-refractivity contribution is 6.31. The molecule has 3 rings (SSSR count). The lowest BCUT2D eigenvalue weighted by atomic mass is 10.2. The van der Waals surface area contributed by atoms with Gasteiger partial charge in [0.1, 0.15) is 11.6 Å². The lowest BCUT2D eigenvalue weighted by Crippen LogP contribution is -2.00. The minimum absolute atomic E-state index is 0.0432. The van der Waals surface area contributed by atoms with Crippen molar-refractivity contribution in [1.82, 2.24) is 9.97 Å². The molecule has 0 unspecified atom stereocenters. The molecule has 0 aliphatic carbocycles. The molecule has 2 aromatic carbocycles. The Balaban J connectivity index is 1.78. The van der Waals surface area contributed by atoms with E-state index in [0.717, 1.165) is 11.3 Å². The highest BCUT2D eigenvalue weighted by Crippen LogP contribution is 2.24. The maximum absolute atomic E-state index is 13.2. The molecule has 0 amide bonds. The molecule has 0 aliphatic heterocycles. The first-order chi connectivity index (χ1) is 11.5. The van der Waals surface area contributed by atoms with Gasteiger partial charge in [-0.3, -0.25) is 0 Å². The van der Waals surface area contributed by atoms with Crippen LogP contribution in [0.2, 0.25) is 10.0 Å². The van der Waals surface area contributed by atoms with E-state index in [0.29, 0.717) is 22.5 Å². The van der Waals surface area contributed by atoms with Gasteiger partial charge in [-0.2, -0.15) is 4.98 Å². The first-order valence-electron chi connectivity index (χ1n) is 7.09. The fourth-order valence-corrected chi connectivity index (χ4v) is 2.37. The summed E-state index contributed by atoms with van der Waals surface area (Å²) in [6.45, 7) is 1.93. The predicted molar refractivity (Wildman–Crippen MR) is 96.2 cm³/mol. The summed E-state index contributed by atoms with van der Waals surface area (Å²) in [6.07, 6.45) is 1.61. The van der Waals surface area contributed by atoms with E-state index in [1.807, 2.05) is 19.1 Å². The van der Waals surface area contributed by atoms with Gasteiger partial charge >= 0.3 is 0 Å². The molecule has 0 spiro atoms. The zero-order valence-electron chi connectivity index (χ0n) is 12.6. The molecule has 0 atom stereocenters. The third-order valence-electron chi connectivity index (χ3n) is 3.28. The number of nitrogens with zero attached hydrogens (tertiary/aromatic N) is 2. The van der Waals surface area contributed by atoms with Crippen molar-refractivity contribution in [3.63, 3.8) is 0 Å². The number of rotatable bonds is 4. The Morgan fingerprint density at radius 3 is 2.38 bits per heavy atom. The number of aromatic nitrogens is 2. The molecule has 24 heavy (non-hydrogen) atoms. The van der Waals surface area contributed by atoms with Gasteiger partial charge in [-0.15, -0.1) is 0 Å². The number of benzene rings is 2. The summed E-state index contributed by atoms with van der Waals surface area (Å²) in [6, 6.07) is 11.7. The topological polar surface area (TPSA) is 49.8 Å². The molecule has 122 valence electrons. The van der Waals surface area contributed by atoms with Crippen LogP contribution in [0.4, 0.5) is 27.5 Å². The minimum atomic E-state index is -0.469. The molecule has 0 saturated carbocycles. The normalized spacial score (nSPS) is 10.5. The van der Waals surface area contributed by atoms with Gasteiger partial charge in [-0.05, 0) is 48.9 Å². The number of hydrogen-bond donors (Lipinski definition) is 2. The number of nitrogens with one attached hydrogen (secondary N) is 2. The summed E-state index contributed by atoms with van der Waals surface area (Å²) >= 11 is 11.9. The van der Waals surface area contributed by atoms with Gasteiger partial charge in [0.15, 0.2) is 0 Å². The van der Waals surface area contributed by atoms with Crippen LogP contribution in [-0.2, 0) is 0 Å². The second-order valence-corrected chi connectivity index (χ2v) is 5.92. The smallest absolute Gasteiger partial charge is 0.229 e. The van der Waals surface area contributed by atoms with Gasteiger partial charge in [0.25, 0.3) is 0 Å². The predicted octanol–water partition coefficient (Wildman–Crippen LogP) is 5.72. The van der Waals surface area contributed by atoms with E-state index >= 15 is 0 Å². The number of hydrogen-bond acceptors (Lipinski definition) is 4. The van der Waals surface area contributed by atoms with Crippen LogP contribution in [0.25, 0.3) is 0 Å². The largest absolute Gasteiger partial charge is 0.340 e. The van der Waals surface area contributed by atoms with Crippen molar-refractivity contribution in [1.29, 1.82) is 0 Å². The third-order valence-corrected chi connectivity index (χ3v) is 3.97. The van der Waals surface area contributed by atoms with Crippen molar-refractivity contribution < 1.29 is 4.39 Å². The lowest BCUT2D eigenvalue weighted by molar-refractivity contribution is 0.628. The van der Waals surface area contributed by atoms with Gasteiger partial charge in [0.2, 0.25) is 5.95 Å². The Labute approximate surface area is 148 Å². The number of anilines is 4. The summed E-state index contributed by atoms with van der Waals surface area (Å²) in [4.78, 5) is 8.52. The van der Waals surface area contributed by atoms with Gasteiger partial charge in [-0.1, -0.05) is 29.3 Å². The molecule has 0 fully saturated rings. The summed E-state index contributed by atoms with van der Waals surface area (Å²) < 4.78 is 13.2. The summed E-state index contributed by atoms with van der Waals surface area (Å²) in [5.41, 5.74) is 2.41. The maximum atomic E-state index is 13.2. The highest BCUT2D eigenvalue weighted by atomic mass is 35.5. The van der Waals surface area contributed by atoms with Crippen molar-refractivity contribution in [2.75, 3.05) is 10.6 Å². The van der Waals surface area contributed by atoms with E-state index in [9.17, 15) is 4.39 Å². The molecule has 0 bridgehead atoms. The van der Waals surface area contributed by atoms with Gasteiger partial charge in [0, 0.05) is 22.6 Å². The van der Waals surface area contributed by atoms with Gasteiger partial charge in [0.05, 0.1) is 5.02 Å². The highest BCUT2D eigenvalue weighted by Gasteiger charge is 2.05. The van der Waals surface area contributed by atoms with Gasteiger partial charge in [-0.25, -0.2) is 9.37 Å². The fraction of sp³-hybridized carbons (Fsp3) is 0.0588. The SMILES string of the molecule is Cc1ccc(Nc2nccc(Nc3ccc(F)c(Cl)c3)n2)cc1Cl. The van der Waals surface area contributed by atoms with Crippen molar-refractivity contribution in [2.45, 2.75) is 6.92 Å². The standard InChI is InChI=1S/C17H13Cl2FN4/c1-10-2-3-12(8-13(10)18)23-17-21-7-6-16(24-17)22-11-4-5-15(20)14(19)9-11/h2-9H,1H3,(H2,21,22,23,24). The maximum Gasteiger partial charge on any atom is 0.229 e. The van der Waals surface area contributed by atoms with Gasteiger partial charge < -0.3 is 10.6 Å². The Kier molecular flexibility index (Phi) is 4.83. The van der Waals surface area contributed by atoms with Crippen LogP contribution >= 0.6 is 23.2 Å². The zero-order valence-corrected chi connectivity index (χ0v) is 14.2. The molecular formula is C17H13Cl2FN4. The molecule has 1 heterocycles. The monoisotopic (exact) mass is 362 g/mol. The fourth-order valence-electron chi connectivity index (χ4n) is 2.01. The van der Waals surface area contributed by atoms with Crippen molar-refractivity contribution >= 4 is 46.3 Å². The Morgan fingerprint density at radius 1 is 0.917 bits per heavy atom. The quantitative estimate of drug-likeness (QED) is 0.623. The number of halogens is 3. The summed E-state index contributed by atoms with van der Waals surface area (Å²) in [7, 11) is 0. The average Bonchev–Trinajstić information content (AvgIpc) is 2.55. The Morgan fingerprint density at radius 2 is 1.62 bits per heavy atom. The molecule has 4 nitrogen and oxygen atoms in total. The van der Waals surface area contributed by atoms with E-state index in [2.05, 4.69) is 20.6 Å². The Hall–Kier alpha value is -2.37. The first kappa shape index (κ1) is 16.5. The van der Waals surface area contributed by atoms with Crippen LogP contribution < -0.4 is 10.6 Å². The van der Waals surface area contributed by atoms with Crippen LogP contribution in [0.5, 0.6) is 0 Å². The van der Waals surface area contributed by atoms with Crippen LogP contribution in [0.1, 0.15) is 5.56 Å². The molecule has 1 aromatic heterocycles. The zero-order chi connectivity index (χ0) is 17.1. The average molecular weight is 363 g/mol. The van der Waals surface area contributed by atoms with Crippen molar-refractivity contribution in [2.24, 2.45) is 0 Å². The minimum Gasteiger partial charge on any atom is -0.340 e. The molecule has 3 aromatic rings.